The second-order valence-corrected chi connectivity index (χ2v) is 5.38. The number of benzene rings is 1. The molecule has 1 aromatic carbocycles. The van der Waals surface area contributed by atoms with Gasteiger partial charge >= 0.3 is 12.1 Å². The molecule has 5 heteroatoms. The van der Waals surface area contributed by atoms with E-state index in [1.165, 1.54) is 0 Å². The van der Waals surface area contributed by atoms with Crippen LogP contribution >= 0.6 is 0 Å². The maximum absolute atomic E-state index is 11.7. The Balaban J connectivity index is 2.78. The van der Waals surface area contributed by atoms with Crippen LogP contribution in [0.15, 0.2) is 18.2 Å². The summed E-state index contributed by atoms with van der Waals surface area (Å²) in [7, 11) is 0. The van der Waals surface area contributed by atoms with Gasteiger partial charge in [0, 0.05) is 5.69 Å². The zero-order chi connectivity index (χ0) is 15.3. The van der Waals surface area contributed by atoms with Crippen LogP contribution in [0.1, 0.15) is 43.6 Å². The van der Waals surface area contributed by atoms with E-state index >= 15 is 0 Å². The second kappa shape index (κ2) is 6.41. The average Bonchev–Trinajstić information content (AvgIpc) is 2.26. The van der Waals surface area contributed by atoms with Gasteiger partial charge in [0.15, 0.2) is 0 Å². The van der Waals surface area contributed by atoms with Crippen molar-refractivity contribution in [1.82, 2.24) is 0 Å². The molecule has 0 radical (unpaired) electrons. The van der Waals surface area contributed by atoms with Gasteiger partial charge in [0.05, 0.1) is 12.2 Å². The molecule has 0 heterocycles. The van der Waals surface area contributed by atoms with Gasteiger partial charge in [-0.2, -0.15) is 0 Å². The zero-order valence-corrected chi connectivity index (χ0v) is 12.6. The Morgan fingerprint density at radius 3 is 2.40 bits per heavy atom. The molecule has 0 spiro atoms. The van der Waals surface area contributed by atoms with Gasteiger partial charge in [0.25, 0.3) is 0 Å². The van der Waals surface area contributed by atoms with Crippen molar-refractivity contribution in [2.24, 2.45) is 0 Å². The molecule has 1 N–H and O–H groups in total. The van der Waals surface area contributed by atoms with Gasteiger partial charge in [-0.3, -0.25) is 5.32 Å². The number of aryl methyl sites for hydroxylation is 1. The van der Waals surface area contributed by atoms with Gasteiger partial charge in [-0.25, -0.2) is 9.59 Å². The molecule has 1 amide bonds. The molecule has 0 saturated carbocycles. The highest BCUT2D eigenvalue weighted by molar-refractivity contribution is 5.92. The normalized spacial score (nSPS) is 10.8. The third-order valence-corrected chi connectivity index (χ3v) is 2.37. The van der Waals surface area contributed by atoms with E-state index in [9.17, 15) is 9.59 Å². The minimum absolute atomic E-state index is 0.330. The standard InChI is InChI=1S/C15H21NO4/c1-6-19-13(17)12-8-7-11(9-10(12)2)16-14(18)20-15(3,4)5/h7-9H,6H2,1-5H3,(H,16,18). The number of hydrogen-bond donors (Lipinski definition) is 1. The van der Waals surface area contributed by atoms with Crippen LogP contribution in [-0.2, 0) is 9.47 Å². The minimum Gasteiger partial charge on any atom is -0.462 e. The van der Waals surface area contributed by atoms with Crippen LogP contribution in [0.4, 0.5) is 10.5 Å². The fourth-order valence-corrected chi connectivity index (χ4v) is 1.60. The number of anilines is 1. The molecule has 0 atom stereocenters. The molecule has 1 aromatic rings. The summed E-state index contributed by atoms with van der Waals surface area (Å²) in [5, 5.41) is 2.62. The van der Waals surface area contributed by atoms with Gasteiger partial charge in [-0.05, 0) is 58.4 Å². The van der Waals surface area contributed by atoms with E-state index in [1.807, 2.05) is 0 Å². The van der Waals surface area contributed by atoms with Crippen LogP contribution in [0.5, 0.6) is 0 Å². The van der Waals surface area contributed by atoms with Crippen molar-refractivity contribution in [3.8, 4) is 0 Å². The number of nitrogens with one attached hydrogen (secondary N) is 1. The Labute approximate surface area is 119 Å². The van der Waals surface area contributed by atoms with Crippen LogP contribution in [0, 0.1) is 6.92 Å². The van der Waals surface area contributed by atoms with Crippen molar-refractivity contribution < 1.29 is 19.1 Å². The van der Waals surface area contributed by atoms with Crippen molar-refractivity contribution in [3.05, 3.63) is 29.3 Å². The molecule has 0 aliphatic carbocycles. The lowest BCUT2D eigenvalue weighted by Crippen LogP contribution is -2.27. The highest BCUT2D eigenvalue weighted by Gasteiger charge is 2.17. The van der Waals surface area contributed by atoms with Crippen LogP contribution in [0.3, 0.4) is 0 Å². The van der Waals surface area contributed by atoms with Gasteiger partial charge < -0.3 is 9.47 Å². The fourth-order valence-electron chi connectivity index (χ4n) is 1.60. The Bertz CT molecular complexity index is 503. The third kappa shape index (κ3) is 4.91. The molecule has 0 bridgehead atoms. The first kappa shape index (κ1) is 16.0. The molecule has 5 nitrogen and oxygen atoms in total. The van der Waals surface area contributed by atoms with Crippen molar-refractivity contribution in [1.29, 1.82) is 0 Å². The molecule has 20 heavy (non-hydrogen) atoms. The molecular formula is C15H21NO4. The maximum atomic E-state index is 11.7. The van der Waals surface area contributed by atoms with E-state index in [0.29, 0.717) is 17.9 Å². The van der Waals surface area contributed by atoms with Gasteiger partial charge in [0.1, 0.15) is 5.60 Å². The van der Waals surface area contributed by atoms with Gasteiger partial charge in [-0.1, -0.05) is 0 Å². The Morgan fingerprint density at radius 2 is 1.90 bits per heavy atom. The number of hydrogen-bond acceptors (Lipinski definition) is 4. The van der Waals surface area contributed by atoms with E-state index < -0.39 is 11.7 Å². The van der Waals surface area contributed by atoms with E-state index in [1.54, 1.807) is 52.8 Å². The number of carbonyl (C=O) groups excluding carboxylic acids is 2. The topological polar surface area (TPSA) is 64.6 Å². The molecule has 110 valence electrons. The summed E-state index contributed by atoms with van der Waals surface area (Å²) in [6.07, 6.45) is -0.527. The van der Waals surface area contributed by atoms with Crippen molar-refractivity contribution in [3.63, 3.8) is 0 Å². The number of rotatable bonds is 3. The predicted octanol–water partition coefficient (Wildman–Crippen LogP) is 3.52. The Hall–Kier alpha value is -2.04. The molecule has 0 fully saturated rings. The van der Waals surface area contributed by atoms with Crippen LogP contribution in [0.25, 0.3) is 0 Å². The Kier molecular flexibility index (Phi) is 5.13. The largest absolute Gasteiger partial charge is 0.462 e. The summed E-state index contributed by atoms with van der Waals surface area (Å²) in [6.45, 7) is 9.25. The average molecular weight is 279 g/mol. The lowest BCUT2D eigenvalue weighted by molar-refractivity contribution is 0.0525. The molecular weight excluding hydrogens is 258 g/mol. The first-order valence-corrected chi connectivity index (χ1v) is 6.50. The molecule has 1 rings (SSSR count). The molecule has 0 saturated heterocycles. The van der Waals surface area contributed by atoms with Crippen LogP contribution in [-0.4, -0.2) is 24.3 Å². The predicted molar refractivity (Wildman–Crippen MR) is 77.0 cm³/mol. The van der Waals surface area contributed by atoms with E-state index in [4.69, 9.17) is 9.47 Å². The number of ether oxygens (including phenoxy) is 2. The van der Waals surface area contributed by atoms with E-state index in [2.05, 4.69) is 5.32 Å². The second-order valence-electron chi connectivity index (χ2n) is 5.38. The number of carbonyl (C=O) groups is 2. The first-order chi connectivity index (χ1) is 9.23. The van der Waals surface area contributed by atoms with E-state index in [0.717, 1.165) is 5.56 Å². The van der Waals surface area contributed by atoms with Crippen LogP contribution < -0.4 is 5.32 Å². The van der Waals surface area contributed by atoms with Crippen molar-refractivity contribution in [2.75, 3.05) is 11.9 Å². The lowest BCUT2D eigenvalue weighted by Gasteiger charge is -2.19. The summed E-state index contributed by atoms with van der Waals surface area (Å²) in [5.41, 5.74) is 1.24. The highest BCUT2D eigenvalue weighted by atomic mass is 16.6. The smallest absolute Gasteiger partial charge is 0.412 e. The van der Waals surface area contributed by atoms with Crippen LogP contribution in [0.2, 0.25) is 0 Å². The molecule has 0 aliphatic heterocycles. The van der Waals surface area contributed by atoms with E-state index in [-0.39, 0.29) is 5.97 Å². The molecule has 0 aromatic heterocycles. The highest BCUT2D eigenvalue weighted by Crippen LogP contribution is 2.17. The summed E-state index contributed by atoms with van der Waals surface area (Å²) in [6, 6.07) is 4.97. The summed E-state index contributed by atoms with van der Waals surface area (Å²) < 4.78 is 10.1. The summed E-state index contributed by atoms with van der Waals surface area (Å²) >= 11 is 0. The number of amides is 1. The molecule has 0 unspecified atom stereocenters. The van der Waals surface area contributed by atoms with Crippen molar-refractivity contribution in [2.45, 2.75) is 40.2 Å². The number of esters is 1. The van der Waals surface area contributed by atoms with Gasteiger partial charge in [-0.15, -0.1) is 0 Å². The van der Waals surface area contributed by atoms with Gasteiger partial charge in [0.2, 0.25) is 0 Å². The Morgan fingerprint density at radius 1 is 1.25 bits per heavy atom. The summed E-state index contributed by atoms with van der Waals surface area (Å²) in [5.74, 6) is -0.367. The third-order valence-electron chi connectivity index (χ3n) is 2.37. The summed E-state index contributed by atoms with van der Waals surface area (Å²) in [4.78, 5) is 23.3. The quantitative estimate of drug-likeness (QED) is 0.860. The maximum Gasteiger partial charge on any atom is 0.412 e. The van der Waals surface area contributed by atoms with Crippen molar-refractivity contribution >= 4 is 17.7 Å². The lowest BCUT2D eigenvalue weighted by atomic mass is 10.1. The monoisotopic (exact) mass is 279 g/mol. The molecule has 0 aliphatic rings. The zero-order valence-electron chi connectivity index (χ0n) is 12.6. The minimum atomic E-state index is -0.552. The SMILES string of the molecule is CCOC(=O)c1ccc(NC(=O)OC(C)(C)C)cc1C. The first-order valence-electron chi connectivity index (χ1n) is 6.50. The fraction of sp³-hybridized carbons (Fsp3) is 0.467.